The van der Waals surface area contributed by atoms with Crippen molar-refractivity contribution in [3.63, 3.8) is 0 Å². The average Bonchev–Trinajstić information content (AvgIpc) is 2.31. The van der Waals surface area contributed by atoms with Crippen molar-refractivity contribution in [3.05, 3.63) is 11.1 Å². The fraction of sp³-hybridized carbons (Fsp3) is 0.786. The molecule has 1 fully saturated rings. The predicted octanol–water partition coefficient (Wildman–Crippen LogP) is 1.57. The quantitative estimate of drug-likeness (QED) is 0.701. The van der Waals surface area contributed by atoms with Crippen LogP contribution in [0.2, 0.25) is 0 Å². The maximum Gasteiger partial charge on any atom is 0.249 e. The molecule has 1 aliphatic heterocycles. The standard InChI is InChI=1S/C14H26N2O2/c1-5-13(6-2)16(7-8-18-4)14(17)11(3)12-9-15-10-12/h13,15H,5-10H2,1-4H3. The van der Waals surface area contributed by atoms with Gasteiger partial charge in [-0.1, -0.05) is 13.8 Å². The smallest absolute Gasteiger partial charge is 0.249 e. The van der Waals surface area contributed by atoms with Gasteiger partial charge in [0.15, 0.2) is 0 Å². The van der Waals surface area contributed by atoms with Crippen molar-refractivity contribution in [2.45, 2.75) is 39.7 Å². The van der Waals surface area contributed by atoms with Gasteiger partial charge in [-0.15, -0.1) is 0 Å². The average molecular weight is 254 g/mol. The van der Waals surface area contributed by atoms with E-state index < -0.39 is 0 Å². The SMILES string of the molecule is CCC(CC)N(CCOC)C(=O)C(C)=C1CNC1. The Kier molecular flexibility index (Phi) is 6.36. The van der Waals surface area contributed by atoms with Gasteiger partial charge in [-0.2, -0.15) is 0 Å². The lowest BCUT2D eigenvalue weighted by molar-refractivity contribution is -0.130. The maximum absolute atomic E-state index is 12.5. The molecule has 1 heterocycles. The van der Waals surface area contributed by atoms with E-state index in [9.17, 15) is 4.79 Å². The molecule has 0 radical (unpaired) electrons. The van der Waals surface area contributed by atoms with Crippen LogP contribution in [-0.4, -0.2) is 50.2 Å². The molecule has 1 rings (SSSR count). The zero-order valence-corrected chi connectivity index (χ0v) is 12.1. The number of nitrogens with one attached hydrogen (secondary N) is 1. The minimum Gasteiger partial charge on any atom is -0.383 e. The summed E-state index contributed by atoms with van der Waals surface area (Å²) in [5.41, 5.74) is 2.16. The van der Waals surface area contributed by atoms with Crippen LogP contribution in [0.4, 0.5) is 0 Å². The van der Waals surface area contributed by atoms with E-state index in [4.69, 9.17) is 4.74 Å². The summed E-state index contributed by atoms with van der Waals surface area (Å²) < 4.78 is 5.12. The van der Waals surface area contributed by atoms with Gasteiger partial charge in [0.05, 0.1) is 6.61 Å². The van der Waals surface area contributed by atoms with E-state index in [2.05, 4.69) is 19.2 Å². The highest BCUT2D eigenvalue weighted by Crippen LogP contribution is 2.16. The first-order valence-electron chi connectivity index (χ1n) is 6.84. The molecule has 0 bridgehead atoms. The van der Waals surface area contributed by atoms with E-state index in [1.807, 2.05) is 11.8 Å². The third-order valence-electron chi connectivity index (χ3n) is 3.71. The Morgan fingerprint density at radius 2 is 2.00 bits per heavy atom. The molecule has 4 nitrogen and oxygen atoms in total. The van der Waals surface area contributed by atoms with E-state index in [1.54, 1.807) is 7.11 Å². The zero-order chi connectivity index (χ0) is 13.5. The zero-order valence-electron chi connectivity index (χ0n) is 12.1. The third kappa shape index (κ3) is 3.56. The Bertz CT molecular complexity index is 303. The highest BCUT2D eigenvalue weighted by atomic mass is 16.5. The van der Waals surface area contributed by atoms with E-state index in [1.165, 1.54) is 5.57 Å². The molecule has 0 atom stereocenters. The van der Waals surface area contributed by atoms with Crippen LogP contribution in [0, 0.1) is 0 Å². The molecular formula is C14H26N2O2. The summed E-state index contributed by atoms with van der Waals surface area (Å²) >= 11 is 0. The molecule has 18 heavy (non-hydrogen) atoms. The van der Waals surface area contributed by atoms with Crippen LogP contribution in [0.25, 0.3) is 0 Å². The van der Waals surface area contributed by atoms with Gasteiger partial charge in [0, 0.05) is 38.4 Å². The van der Waals surface area contributed by atoms with Crippen LogP contribution in [0.5, 0.6) is 0 Å². The second-order valence-electron chi connectivity index (χ2n) is 4.79. The second-order valence-corrected chi connectivity index (χ2v) is 4.79. The molecule has 104 valence electrons. The number of ether oxygens (including phenoxy) is 1. The summed E-state index contributed by atoms with van der Waals surface area (Å²) in [6.07, 6.45) is 1.99. The Balaban J connectivity index is 2.77. The molecule has 0 aromatic rings. The third-order valence-corrected chi connectivity index (χ3v) is 3.71. The normalized spacial score (nSPS) is 14.6. The number of nitrogens with zero attached hydrogens (tertiary/aromatic N) is 1. The van der Waals surface area contributed by atoms with Gasteiger partial charge in [0.2, 0.25) is 5.91 Å². The number of rotatable bonds is 7. The van der Waals surface area contributed by atoms with E-state index in [0.717, 1.165) is 31.5 Å². The van der Waals surface area contributed by atoms with E-state index in [-0.39, 0.29) is 5.91 Å². The van der Waals surface area contributed by atoms with Crippen LogP contribution in [0.3, 0.4) is 0 Å². The number of hydrogen-bond acceptors (Lipinski definition) is 3. The van der Waals surface area contributed by atoms with Crippen molar-refractivity contribution in [1.29, 1.82) is 0 Å². The van der Waals surface area contributed by atoms with Crippen LogP contribution >= 0.6 is 0 Å². The fourth-order valence-corrected chi connectivity index (χ4v) is 2.25. The van der Waals surface area contributed by atoms with Gasteiger partial charge >= 0.3 is 0 Å². The molecule has 0 saturated carbocycles. The predicted molar refractivity (Wildman–Crippen MR) is 73.5 cm³/mol. The molecule has 0 unspecified atom stereocenters. The summed E-state index contributed by atoms with van der Waals surface area (Å²) in [6, 6.07) is 0.316. The van der Waals surface area contributed by atoms with Gasteiger partial charge in [0.1, 0.15) is 0 Å². The van der Waals surface area contributed by atoms with Crippen molar-refractivity contribution >= 4 is 5.91 Å². The molecule has 1 saturated heterocycles. The highest BCUT2D eigenvalue weighted by molar-refractivity contribution is 5.94. The van der Waals surface area contributed by atoms with Gasteiger partial charge in [-0.05, 0) is 25.3 Å². The molecule has 0 aromatic heterocycles. The number of methoxy groups -OCH3 is 1. The lowest BCUT2D eigenvalue weighted by Gasteiger charge is -2.32. The van der Waals surface area contributed by atoms with Crippen LogP contribution in [0.15, 0.2) is 11.1 Å². The minimum atomic E-state index is 0.178. The summed E-state index contributed by atoms with van der Waals surface area (Å²) in [7, 11) is 1.68. The Morgan fingerprint density at radius 3 is 2.39 bits per heavy atom. The summed E-state index contributed by atoms with van der Waals surface area (Å²) in [4.78, 5) is 14.5. The molecule has 1 amide bonds. The lowest BCUT2D eigenvalue weighted by Crippen LogP contribution is -2.44. The summed E-state index contributed by atoms with van der Waals surface area (Å²) in [5.74, 6) is 0.178. The van der Waals surface area contributed by atoms with Gasteiger partial charge < -0.3 is 15.0 Å². The van der Waals surface area contributed by atoms with Crippen LogP contribution in [0.1, 0.15) is 33.6 Å². The van der Waals surface area contributed by atoms with Gasteiger partial charge in [-0.25, -0.2) is 0 Å². The lowest BCUT2D eigenvalue weighted by atomic mass is 10.0. The van der Waals surface area contributed by atoms with Gasteiger partial charge in [0.25, 0.3) is 0 Å². The second kappa shape index (κ2) is 7.54. The summed E-state index contributed by atoms with van der Waals surface area (Å²) in [5, 5.41) is 3.18. The number of amides is 1. The largest absolute Gasteiger partial charge is 0.383 e. The maximum atomic E-state index is 12.5. The van der Waals surface area contributed by atoms with Crippen molar-refractivity contribution in [2.24, 2.45) is 0 Å². The van der Waals surface area contributed by atoms with Crippen molar-refractivity contribution in [1.82, 2.24) is 10.2 Å². The first-order chi connectivity index (χ1) is 8.65. The Hall–Kier alpha value is -0.870. The number of carbonyl (C=O) groups is 1. The van der Waals surface area contributed by atoms with Crippen molar-refractivity contribution in [3.8, 4) is 0 Å². The first kappa shape index (κ1) is 15.2. The van der Waals surface area contributed by atoms with E-state index >= 15 is 0 Å². The van der Waals surface area contributed by atoms with Crippen molar-refractivity contribution < 1.29 is 9.53 Å². The Labute approximate surface area is 110 Å². The Morgan fingerprint density at radius 1 is 1.39 bits per heavy atom. The van der Waals surface area contributed by atoms with E-state index in [0.29, 0.717) is 19.2 Å². The highest BCUT2D eigenvalue weighted by Gasteiger charge is 2.25. The first-order valence-corrected chi connectivity index (χ1v) is 6.84. The van der Waals surface area contributed by atoms with Crippen LogP contribution < -0.4 is 5.32 Å². The number of carbonyl (C=O) groups excluding carboxylic acids is 1. The molecular weight excluding hydrogens is 228 g/mol. The fourth-order valence-electron chi connectivity index (χ4n) is 2.25. The van der Waals surface area contributed by atoms with Crippen LogP contribution in [-0.2, 0) is 9.53 Å². The molecule has 0 aliphatic carbocycles. The molecule has 0 aromatic carbocycles. The van der Waals surface area contributed by atoms with Crippen molar-refractivity contribution in [2.75, 3.05) is 33.4 Å². The molecule has 1 N–H and O–H groups in total. The minimum absolute atomic E-state index is 0.178. The summed E-state index contributed by atoms with van der Waals surface area (Å²) in [6.45, 7) is 9.21. The van der Waals surface area contributed by atoms with Gasteiger partial charge in [-0.3, -0.25) is 4.79 Å². The monoisotopic (exact) mass is 254 g/mol. The molecule has 4 heteroatoms. The topological polar surface area (TPSA) is 41.6 Å². The number of hydrogen-bond donors (Lipinski definition) is 1. The molecule has 1 aliphatic rings. The molecule has 0 spiro atoms.